The molecule has 0 saturated carbocycles. The third-order valence-electron chi connectivity index (χ3n) is 3.43. The molecule has 0 aromatic heterocycles. The Balaban J connectivity index is 2.21. The van der Waals surface area contributed by atoms with Gasteiger partial charge in [-0.25, -0.2) is 4.79 Å². The summed E-state index contributed by atoms with van der Waals surface area (Å²) in [6.07, 6.45) is 1.95. The zero-order valence-electron chi connectivity index (χ0n) is 15.0. The van der Waals surface area contributed by atoms with Crippen LogP contribution in [0, 0.1) is 0 Å². The summed E-state index contributed by atoms with van der Waals surface area (Å²) in [5, 5.41) is 3.18. The van der Waals surface area contributed by atoms with Gasteiger partial charge in [0.25, 0.3) is 0 Å². The van der Waals surface area contributed by atoms with Gasteiger partial charge in [0.2, 0.25) is 0 Å². The molecule has 0 aliphatic carbocycles. The molecule has 132 valence electrons. The molecular weight excluding hydrogens is 350 g/mol. The molecule has 0 spiro atoms. The maximum Gasteiger partial charge on any atom is 0.339 e. The molecule has 5 heteroatoms. The summed E-state index contributed by atoms with van der Waals surface area (Å²) in [6.45, 7) is 6.30. The van der Waals surface area contributed by atoms with Crippen LogP contribution in [0.1, 0.15) is 36.7 Å². The van der Waals surface area contributed by atoms with E-state index in [9.17, 15) is 4.79 Å². The van der Waals surface area contributed by atoms with Crippen molar-refractivity contribution in [3.63, 3.8) is 0 Å². The summed E-state index contributed by atoms with van der Waals surface area (Å²) in [7, 11) is 0. The van der Waals surface area contributed by atoms with Crippen molar-refractivity contribution in [2.45, 2.75) is 32.9 Å². The van der Waals surface area contributed by atoms with Gasteiger partial charge in [0, 0.05) is 6.54 Å². The molecule has 0 radical (unpaired) electrons. The fourth-order valence-electron chi connectivity index (χ4n) is 2.29. The van der Waals surface area contributed by atoms with Gasteiger partial charge in [0.15, 0.2) is 0 Å². The lowest BCUT2D eigenvalue weighted by Gasteiger charge is -2.20. The molecule has 3 nitrogen and oxygen atoms in total. The number of nitrogens with one attached hydrogen (secondary N) is 1. The molecule has 0 amide bonds. The fraction of sp³-hybridized carbons (Fsp3) is 0.300. The largest absolute Gasteiger partial charge is 0.456 e. The quantitative estimate of drug-likeness (QED) is 0.600. The van der Waals surface area contributed by atoms with Crippen molar-refractivity contribution in [3.8, 4) is 11.1 Å². The van der Waals surface area contributed by atoms with E-state index in [4.69, 9.17) is 17.0 Å². The molecule has 0 atom stereocenters. The predicted octanol–water partition coefficient (Wildman–Crippen LogP) is 5.05. The zero-order chi connectivity index (χ0) is 18.4. The Morgan fingerprint density at radius 1 is 1.12 bits per heavy atom. The van der Waals surface area contributed by atoms with Crippen LogP contribution in [-0.2, 0) is 11.3 Å². The summed E-state index contributed by atoms with van der Waals surface area (Å²) in [4.78, 5) is 12.5. The predicted molar refractivity (Wildman–Crippen MR) is 110 cm³/mol. The number of thiocarbonyl (C=S) groups is 1. The van der Waals surface area contributed by atoms with Crippen molar-refractivity contribution in [2.75, 3.05) is 6.26 Å². The van der Waals surface area contributed by atoms with Gasteiger partial charge >= 0.3 is 5.97 Å². The number of carbonyl (C=O) groups excluding carboxylic acids is 1. The highest BCUT2D eigenvalue weighted by Gasteiger charge is 2.20. The molecule has 2 aromatic rings. The minimum atomic E-state index is -0.518. The SMILES string of the molecule is CSC(=S)NCc1ccc(-c2ccccc2C(=O)OC(C)(C)C)cc1. The van der Waals surface area contributed by atoms with E-state index in [0.717, 1.165) is 21.0 Å². The summed E-state index contributed by atoms with van der Waals surface area (Å²) in [6, 6.07) is 15.6. The van der Waals surface area contributed by atoms with E-state index in [1.165, 1.54) is 11.8 Å². The van der Waals surface area contributed by atoms with E-state index >= 15 is 0 Å². The molecule has 0 aliphatic rings. The van der Waals surface area contributed by atoms with Crippen LogP contribution in [0.3, 0.4) is 0 Å². The highest BCUT2D eigenvalue weighted by molar-refractivity contribution is 8.22. The normalized spacial score (nSPS) is 11.0. The molecule has 0 bridgehead atoms. The lowest BCUT2D eigenvalue weighted by atomic mass is 9.98. The smallest absolute Gasteiger partial charge is 0.339 e. The molecule has 0 heterocycles. The number of rotatable bonds is 4. The number of hydrogen-bond donors (Lipinski definition) is 1. The van der Waals surface area contributed by atoms with Gasteiger partial charge in [-0.2, -0.15) is 0 Å². The van der Waals surface area contributed by atoms with Crippen LogP contribution in [0.5, 0.6) is 0 Å². The Kier molecular flexibility index (Phi) is 6.62. The van der Waals surface area contributed by atoms with Gasteiger partial charge in [0.05, 0.1) is 5.56 Å². The zero-order valence-corrected chi connectivity index (χ0v) is 16.6. The van der Waals surface area contributed by atoms with E-state index in [1.54, 1.807) is 6.07 Å². The van der Waals surface area contributed by atoms with E-state index in [-0.39, 0.29) is 5.97 Å². The highest BCUT2D eigenvalue weighted by atomic mass is 32.2. The maximum absolute atomic E-state index is 12.5. The van der Waals surface area contributed by atoms with Crippen LogP contribution in [0.2, 0.25) is 0 Å². The van der Waals surface area contributed by atoms with Crippen molar-refractivity contribution < 1.29 is 9.53 Å². The standard InChI is InChI=1S/C20H23NO2S2/c1-20(2,3)23-18(22)17-8-6-5-7-16(17)15-11-9-14(10-12-15)13-21-19(24)25-4/h5-12H,13H2,1-4H3,(H,21,24). The molecule has 0 aliphatic heterocycles. The van der Waals surface area contributed by atoms with E-state index in [1.807, 2.05) is 69.5 Å². The van der Waals surface area contributed by atoms with Gasteiger partial charge < -0.3 is 10.1 Å². The van der Waals surface area contributed by atoms with Gasteiger partial charge in [0.1, 0.15) is 9.92 Å². The lowest BCUT2D eigenvalue weighted by Crippen LogP contribution is -2.24. The molecule has 0 saturated heterocycles. The Morgan fingerprint density at radius 2 is 1.76 bits per heavy atom. The average Bonchev–Trinajstić information content (AvgIpc) is 2.58. The van der Waals surface area contributed by atoms with Crippen LogP contribution >= 0.6 is 24.0 Å². The van der Waals surface area contributed by atoms with Crippen molar-refractivity contribution >= 4 is 34.3 Å². The third-order valence-corrected chi connectivity index (χ3v) is 4.59. The highest BCUT2D eigenvalue weighted by Crippen LogP contribution is 2.26. The second-order valence-electron chi connectivity index (χ2n) is 6.59. The number of hydrogen-bond acceptors (Lipinski definition) is 4. The average molecular weight is 374 g/mol. The van der Waals surface area contributed by atoms with Crippen molar-refractivity contribution in [2.24, 2.45) is 0 Å². The summed E-state index contributed by atoms with van der Waals surface area (Å²) in [5.41, 5.74) is 3.05. The Hall–Kier alpha value is -1.85. The van der Waals surface area contributed by atoms with Crippen molar-refractivity contribution in [1.29, 1.82) is 0 Å². The monoisotopic (exact) mass is 373 g/mol. The van der Waals surface area contributed by atoms with E-state index in [0.29, 0.717) is 12.1 Å². The number of ether oxygens (including phenoxy) is 1. The van der Waals surface area contributed by atoms with Crippen LogP contribution in [0.15, 0.2) is 48.5 Å². The van der Waals surface area contributed by atoms with Gasteiger partial charge in [-0.15, -0.1) is 11.8 Å². The van der Waals surface area contributed by atoms with Crippen LogP contribution in [-0.4, -0.2) is 22.1 Å². The maximum atomic E-state index is 12.5. The number of esters is 1. The first-order valence-electron chi connectivity index (χ1n) is 8.03. The van der Waals surface area contributed by atoms with Gasteiger partial charge in [-0.05, 0) is 49.8 Å². The molecule has 25 heavy (non-hydrogen) atoms. The first-order valence-corrected chi connectivity index (χ1v) is 9.67. The first-order chi connectivity index (χ1) is 11.8. The van der Waals surface area contributed by atoms with Crippen molar-refractivity contribution in [3.05, 3.63) is 59.7 Å². The second kappa shape index (κ2) is 8.50. The summed E-state index contributed by atoms with van der Waals surface area (Å²) >= 11 is 6.67. The molecule has 2 aromatic carbocycles. The minimum Gasteiger partial charge on any atom is -0.456 e. The van der Waals surface area contributed by atoms with Crippen LogP contribution < -0.4 is 5.32 Å². The number of benzene rings is 2. The molecule has 1 N–H and O–H groups in total. The summed E-state index contributed by atoms with van der Waals surface area (Å²) in [5.74, 6) is -0.306. The first kappa shape index (κ1) is 19.5. The minimum absolute atomic E-state index is 0.306. The molecular formula is C20H23NO2S2. The van der Waals surface area contributed by atoms with Crippen molar-refractivity contribution in [1.82, 2.24) is 5.32 Å². The van der Waals surface area contributed by atoms with E-state index in [2.05, 4.69) is 5.32 Å². The molecule has 0 fully saturated rings. The second-order valence-corrected chi connectivity index (χ2v) is 8.07. The number of carbonyl (C=O) groups is 1. The van der Waals surface area contributed by atoms with Crippen LogP contribution in [0.4, 0.5) is 0 Å². The molecule has 0 unspecified atom stereocenters. The number of thioether (sulfide) groups is 1. The Morgan fingerprint density at radius 3 is 2.36 bits per heavy atom. The topological polar surface area (TPSA) is 38.3 Å². The third kappa shape index (κ3) is 5.87. The Bertz CT molecular complexity index is 749. The molecule has 2 rings (SSSR count). The lowest BCUT2D eigenvalue weighted by molar-refractivity contribution is 0.00705. The van der Waals surface area contributed by atoms with Gasteiger partial charge in [-0.1, -0.05) is 54.7 Å². The van der Waals surface area contributed by atoms with E-state index < -0.39 is 5.60 Å². The Labute approximate surface area is 159 Å². The van der Waals surface area contributed by atoms with Gasteiger partial charge in [-0.3, -0.25) is 0 Å². The fourth-order valence-corrected chi connectivity index (χ4v) is 2.58. The summed E-state index contributed by atoms with van der Waals surface area (Å²) < 4.78 is 6.30. The van der Waals surface area contributed by atoms with Crippen LogP contribution in [0.25, 0.3) is 11.1 Å².